The van der Waals surface area contributed by atoms with Crippen LogP contribution in [0.1, 0.15) is 48.0 Å². The molecule has 0 amide bonds. The second kappa shape index (κ2) is 3.00. The predicted octanol–water partition coefficient (Wildman–Crippen LogP) is 4.21. The van der Waals surface area contributed by atoms with E-state index in [9.17, 15) is 0 Å². The van der Waals surface area contributed by atoms with Gasteiger partial charge >= 0.3 is 0 Å². The normalized spacial score (nSPS) is 55.3. The SMILES string of the molecule is CC1C(C)C1C(C)C(C)C1(C)CC1C. The van der Waals surface area contributed by atoms with Crippen LogP contribution in [0.15, 0.2) is 0 Å². The zero-order valence-corrected chi connectivity index (χ0v) is 10.7. The molecular formula is C14H26. The molecule has 0 heteroatoms. The number of rotatable bonds is 3. The molecule has 2 rings (SSSR count). The van der Waals surface area contributed by atoms with Crippen LogP contribution in [-0.4, -0.2) is 0 Å². The second-order valence-electron chi connectivity index (χ2n) is 6.55. The molecule has 2 aliphatic carbocycles. The summed E-state index contributed by atoms with van der Waals surface area (Å²) in [6.07, 6.45) is 1.47. The van der Waals surface area contributed by atoms with E-state index < -0.39 is 0 Å². The highest BCUT2D eigenvalue weighted by molar-refractivity contribution is 5.05. The molecule has 2 aliphatic rings. The lowest BCUT2D eigenvalue weighted by molar-refractivity contribution is 0.211. The third-order valence-electron chi connectivity index (χ3n) is 6.05. The van der Waals surface area contributed by atoms with Gasteiger partial charge in [0.1, 0.15) is 0 Å². The Bertz CT molecular complexity index is 224. The summed E-state index contributed by atoms with van der Waals surface area (Å²) in [4.78, 5) is 0. The largest absolute Gasteiger partial charge is 0.0620 e. The van der Waals surface area contributed by atoms with Crippen molar-refractivity contribution in [2.45, 2.75) is 48.0 Å². The summed E-state index contributed by atoms with van der Waals surface area (Å²) >= 11 is 0. The van der Waals surface area contributed by atoms with Crippen molar-refractivity contribution in [3.8, 4) is 0 Å². The molecule has 0 heterocycles. The molecule has 2 saturated carbocycles. The van der Waals surface area contributed by atoms with Gasteiger partial charge in [0.05, 0.1) is 0 Å². The van der Waals surface area contributed by atoms with Crippen LogP contribution in [0.2, 0.25) is 0 Å². The standard InChI is InChI=1S/C14H26/c1-8-7-14(8,6)12(5)11(4)13-9(2)10(13)3/h8-13H,7H2,1-6H3. The molecule has 0 nitrogen and oxygen atoms in total. The number of hydrogen-bond donors (Lipinski definition) is 0. The van der Waals surface area contributed by atoms with Crippen molar-refractivity contribution in [3.63, 3.8) is 0 Å². The van der Waals surface area contributed by atoms with Gasteiger partial charge in [-0.1, -0.05) is 41.5 Å². The van der Waals surface area contributed by atoms with Gasteiger partial charge in [0.2, 0.25) is 0 Å². The first-order valence-electron chi connectivity index (χ1n) is 6.39. The Kier molecular flexibility index (Phi) is 2.25. The van der Waals surface area contributed by atoms with Gasteiger partial charge in [0, 0.05) is 0 Å². The Morgan fingerprint density at radius 3 is 1.79 bits per heavy atom. The van der Waals surface area contributed by atoms with Gasteiger partial charge in [0.15, 0.2) is 0 Å². The maximum atomic E-state index is 2.50. The molecule has 0 aromatic rings. The van der Waals surface area contributed by atoms with Gasteiger partial charge in [-0.25, -0.2) is 0 Å². The molecule has 0 bridgehead atoms. The van der Waals surface area contributed by atoms with Crippen LogP contribution in [0.3, 0.4) is 0 Å². The lowest BCUT2D eigenvalue weighted by Gasteiger charge is -2.27. The Hall–Kier alpha value is 0. The zero-order chi connectivity index (χ0) is 10.7. The maximum Gasteiger partial charge on any atom is -0.0269 e. The summed E-state index contributed by atoms with van der Waals surface area (Å²) in [5, 5.41) is 0. The first-order valence-corrected chi connectivity index (χ1v) is 6.39. The summed E-state index contributed by atoms with van der Waals surface area (Å²) < 4.78 is 0. The highest BCUT2D eigenvalue weighted by atomic mass is 14.6. The predicted molar refractivity (Wildman–Crippen MR) is 62.0 cm³/mol. The maximum absolute atomic E-state index is 2.50. The van der Waals surface area contributed by atoms with E-state index in [1.54, 1.807) is 0 Å². The summed E-state index contributed by atoms with van der Waals surface area (Å²) in [6.45, 7) is 14.8. The van der Waals surface area contributed by atoms with Crippen LogP contribution in [0.25, 0.3) is 0 Å². The minimum atomic E-state index is 0.682. The van der Waals surface area contributed by atoms with Crippen molar-refractivity contribution < 1.29 is 0 Å². The third-order valence-corrected chi connectivity index (χ3v) is 6.05. The van der Waals surface area contributed by atoms with E-state index in [1.165, 1.54) is 6.42 Å². The molecule has 6 unspecified atom stereocenters. The Morgan fingerprint density at radius 2 is 1.50 bits per heavy atom. The van der Waals surface area contributed by atoms with E-state index in [0.717, 1.165) is 35.5 Å². The monoisotopic (exact) mass is 194 g/mol. The second-order valence-corrected chi connectivity index (χ2v) is 6.55. The highest BCUT2D eigenvalue weighted by Gasteiger charge is 2.56. The molecule has 14 heavy (non-hydrogen) atoms. The minimum absolute atomic E-state index is 0.682. The first-order chi connectivity index (χ1) is 6.39. The molecule has 0 N–H and O–H groups in total. The van der Waals surface area contributed by atoms with Gasteiger partial charge in [-0.15, -0.1) is 0 Å². The van der Waals surface area contributed by atoms with E-state index in [0.29, 0.717) is 5.41 Å². The molecule has 82 valence electrons. The van der Waals surface area contributed by atoms with Crippen molar-refractivity contribution in [3.05, 3.63) is 0 Å². The average molecular weight is 194 g/mol. The highest BCUT2D eigenvalue weighted by Crippen LogP contribution is 2.63. The van der Waals surface area contributed by atoms with Crippen LogP contribution in [0, 0.1) is 40.9 Å². The van der Waals surface area contributed by atoms with Crippen LogP contribution in [-0.2, 0) is 0 Å². The molecule has 0 aromatic carbocycles. The van der Waals surface area contributed by atoms with Gasteiger partial charge in [-0.3, -0.25) is 0 Å². The van der Waals surface area contributed by atoms with Gasteiger partial charge < -0.3 is 0 Å². The van der Waals surface area contributed by atoms with E-state index in [4.69, 9.17) is 0 Å². The summed E-state index contributed by atoms with van der Waals surface area (Å²) in [6, 6.07) is 0. The fourth-order valence-electron chi connectivity index (χ4n) is 3.83. The summed E-state index contributed by atoms with van der Waals surface area (Å²) in [5.74, 6) is 5.85. The van der Waals surface area contributed by atoms with E-state index in [1.807, 2.05) is 0 Å². The average Bonchev–Trinajstić information content (AvgIpc) is 2.92. The van der Waals surface area contributed by atoms with Crippen LogP contribution < -0.4 is 0 Å². The number of hydrogen-bond acceptors (Lipinski definition) is 0. The molecular weight excluding hydrogens is 168 g/mol. The fraction of sp³-hybridized carbons (Fsp3) is 1.00. The van der Waals surface area contributed by atoms with Crippen LogP contribution in [0.4, 0.5) is 0 Å². The Morgan fingerprint density at radius 1 is 1.07 bits per heavy atom. The Balaban J connectivity index is 1.96. The molecule has 6 atom stereocenters. The molecule has 0 radical (unpaired) electrons. The van der Waals surface area contributed by atoms with Gasteiger partial charge in [0.25, 0.3) is 0 Å². The third kappa shape index (κ3) is 1.33. The zero-order valence-electron chi connectivity index (χ0n) is 10.7. The molecule has 0 saturated heterocycles. The van der Waals surface area contributed by atoms with Gasteiger partial charge in [-0.05, 0) is 47.3 Å². The van der Waals surface area contributed by atoms with Crippen molar-refractivity contribution >= 4 is 0 Å². The summed E-state index contributed by atoms with van der Waals surface area (Å²) in [5.41, 5.74) is 0.682. The van der Waals surface area contributed by atoms with E-state index in [-0.39, 0.29) is 0 Å². The first kappa shape index (κ1) is 10.5. The van der Waals surface area contributed by atoms with Crippen molar-refractivity contribution in [2.75, 3.05) is 0 Å². The molecule has 0 aromatic heterocycles. The molecule has 2 fully saturated rings. The Labute approximate surface area is 89.5 Å². The van der Waals surface area contributed by atoms with E-state index in [2.05, 4.69) is 41.5 Å². The van der Waals surface area contributed by atoms with E-state index >= 15 is 0 Å². The summed E-state index contributed by atoms with van der Waals surface area (Å²) in [7, 11) is 0. The molecule has 0 aliphatic heterocycles. The quantitative estimate of drug-likeness (QED) is 0.631. The van der Waals surface area contributed by atoms with Crippen molar-refractivity contribution in [2.24, 2.45) is 40.9 Å². The smallest absolute Gasteiger partial charge is 0.0269 e. The minimum Gasteiger partial charge on any atom is -0.0620 e. The lowest BCUT2D eigenvalue weighted by Crippen LogP contribution is -2.21. The van der Waals surface area contributed by atoms with Crippen molar-refractivity contribution in [1.29, 1.82) is 0 Å². The van der Waals surface area contributed by atoms with Crippen LogP contribution in [0.5, 0.6) is 0 Å². The van der Waals surface area contributed by atoms with Gasteiger partial charge in [-0.2, -0.15) is 0 Å². The van der Waals surface area contributed by atoms with Crippen LogP contribution >= 0.6 is 0 Å². The topological polar surface area (TPSA) is 0 Å². The lowest BCUT2D eigenvalue weighted by atomic mass is 9.78. The van der Waals surface area contributed by atoms with Crippen molar-refractivity contribution in [1.82, 2.24) is 0 Å². The molecule has 0 spiro atoms. The fourth-order valence-corrected chi connectivity index (χ4v) is 3.83.